The number of rotatable bonds is 7. The number of amides is 1. The van der Waals surface area contributed by atoms with Crippen LogP contribution in [0.15, 0.2) is 46.8 Å². The lowest BCUT2D eigenvalue weighted by molar-refractivity contribution is 0.0963. The number of aliphatic imine (C=N–C) groups is 1. The maximum absolute atomic E-state index is 11.7. The summed E-state index contributed by atoms with van der Waals surface area (Å²) in [5.41, 5.74) is 1.77. The van der Waals surface area contributed by atoms with E-state index in [1.807, 2.05) is 35.6 Å². The lowest BCUT2D eigenvalue weighted by Gasteiger charge is -2.36. The molecule has 0 spiro atoms. The maximum atomic E-state index is 11.7. The molecule has 3 N–H and O–H groups in total. The van der Waals surface area contributed by atoms with Gasteiger partial charge in [-0.15, -0.1) is 11.3 Å². The standard InChI is InChI=1S/C23H33N5OS/c1-17-10-12-28(13-11-17)20(21-5-4-14-30-21)16-27-23(25-3)26-15-18-6-8-19(9-7-18)22(29)24-2/h4-9,14,17,20H,10-13,15-16H2,1-3H3,(H,24,29)(H2,25,26,27). The molecular formula is C23H33N5OS. The van der Waals surface area contributed by atoms with E-state index < -0.39 is 0 Å². The molecule has 1 aromatic heterocycles. The number of hydrogen-bond acceptors (Lipinski definition) is 4. The fraction of sp³-hybridized carbons (Fsp3) is 0.478. The van der Waals surface area contributed by atoms with E-state index in [1.165, 1.54) is 17.7 Å². The van der Waals surface area contributed by atoms with Crippen LogP contribution in [0.5, 0.6) is 0 Å². The van der Waals surface area contributed by atoms with Crippen LogP contribution in [-0.2, 0) is 6.54 Å². The Morgan fingerprint density at radius 2 is 1.93 bits per heavy atom. The number of benzene rings is 1. The first kappa shape index (κ1) is 22.3. The van der Waals surface area contributed by atoms with Crippen LogP contribution < -0.4 is 16.0 Å². The topological polar surface area (TPSA) is 68.8 Å². The molecule has 162 valence electrons. The summed E-state index contributed by atoms with van der Waals surface area (Å²) in [6.07, 6.45) is 2.53. The molecule has 1 amide bonds. The van der Waals surface area contributed by atoms with Crippen molar-refractivity contribution in [1.82, 2.24) is 20.9 Å². The van der Waals surface area contributed by atoms with Crippen molar-refractivity contribution in [3.8, 4) is 0 Å². The van der Waals surface area contributed by atoms with Crippen LogP contribution in [-0.4, -0.2) is 50.5 Å². The summed E-state index contributed by atoms with van der Waals surface area (Å²) in [7, 11) is 3.44. The first-order chi connectivity index (χ1) is 14.6. The summed E-state index contributed by atoms with van der Waals surface area (Å²) >= 11 is 1.83. The van der Waals surface area contributed by atoms with E-state index in [4.69, 9.17) is 0 Å². The van der Waals surface area contributed by atoms with Crippen molar-refractivity contribution in [2.75, 3.05) is 33.7 Å². The third-order valence-electron chi connectivity index (χ3n) is 5.72. The molecule has 1 aliphatic rings. The third kappa shape index (κ3) is 6.06. The molecule has 7 heteroatoms. The fourth-order valence-corrected chi connectivity index (χ4v) is 4.61. The normalized spacial score (nSPS) is 16.8. The Balaban J connectivity index is 1.55. The molecule has 0 saturated carbocycles. The number of hydrogen-bond donors (Lipinski definition) is 3. The molecule has 1 saturated heterocycles. The number of guanidine groups is 1. The Labute approximate surface area is 183 Å². The molecule has 0 bridgehead atoms. The second-order valence-corrected chi connectivity index (χ2v) is 8.81. The van der Waals surface area contributed by atoms with Gasteiger partial charge >= 0.3 is 0 Å². The average Bonchev–Trinajstić information content (AvgIpc) is 3.31. The van der Waals surface area contributed by atoms with Crippen molar-refractivity contribution in [3.05, 3.63) is 57.8 Å². The number of likely N-dealkylation sites (tertiary alicyclic amines) is 1. The van der Waals surface area contributed by atoms with Crippen LogP contribution in [0.4, 0.5) is 0 Å². The molecule has 3 rings (SSSR count). The second-order valence-electron chi connectivity index (χ2n) is 7.83. The van der Waals surface area contributed by atoms with Gasteiger partial charge in [-0.3, -0.25) is 14.7 Å². The second kappa shape index (κ2) is 11.1. The van der Waals surface area contributed by atoms with Crippen LogP contribution in [0.3, 0.4) is 0 Å². The molecule has 2 heterocycles. The highest BCUT2D eigenvalue weighted by Gasteiger charge is 2.25. The highest BCUT2D eigenvalue weighted by Crippen LogP contribution is 2.29. The SMILES string of the molecule is CN=C(NCc1ccc(C(=O)NC)cc1)NCC(c1cccs1)N1CCC(C)CC1. The van der Waals surface area contributed by atoms with Crippen LogP contribution >= 0.6 is 11.3 Å². The van der Waals surface area contributed by atoms with Crippen molar-refractivity contribution in [2.45, 2.75) is 32.4 Å². The molecular weight excluding hydrogens is 394 g/mol. The summed E-state index contributed by atoms with van der Waals surface area (Å²) in [4.78, 5) is 20.1. The summed E-state index contributed by atoms with van der Waals surface area (Å²) in [5, 5.41) is 11.7. The van der Waals surface area contributed by atoms with E-state index in [-0.39, 0.29) is 5.91 Å². The van der Waals surface area contributed by atoms with Gasteiger partial charge in [-0.2, -0.15) is 0 Å². The van der Waals surface area contributed by atoms with Crippen molar-refractivity contribution < 1.29 is 4.79 Å². The number of piperidine rings is 1. The Morgan fingerprint density at radius 1 is 1.20 bits per heavy atom. The molecule has 1 aliphatic heterocycles. The zero-order valence-corrected chi connectivity index (χ0v) is 19.0. The first-order valence-electron chi connectivity index (χ1n) is 10.6. The zero-order chi connectivity index (χ0) is 21.3. The van der Waals surface area contributed by atoms with Gasteiger partial charge in [-0.05, 0) is 61.0 Å². The lowest BCUT2D eigenvalue weighted by Crippen LogP contribution is -2.44. The van der Waals surface area contributed by atoms with Crippen molar-refractivity contribution in [2.24, 2.45) is 10.9 Å². The predicted octanol–water partition coefficient (Wildman–Crippen LogP) is 3.25. The Bertz CT molecular complexity index is 811. The highest BCUT2D eigenvalue weighted by atomic mass is 32.1. The minimum Gasteiger partial charge on any atom is -0.355 e. The molecule has 1 aromatic carbocycles. The molecule has 1 fully saturated rings. The lowest BCUT2D eigenvalue weighted by atomic mass is 9.97. The first-order valence-corrected chi connectivity index (χ1v) is 11.5. The number of carbonyl (C=O) groups excluding carboxylic acids is 1. The predicted molar refractivity (Wildman–Crippen MR) is 125 cm³/mol. The van der Waals surface area contributed by atoms with Gasteiger partial charge in [-0.1, -0.05) is 25.1 Å². The third-order valence-corrected chi connectivity index (χ3v) is 6.69. The maximum Gasteiger partial charge on any atom is 0.251 e. The summed E-state index contributed by atoms with van der Waals surface area (Å²) in [5.74, 6) is 1.54. The van der Waals surface area contributed by atoms with Crippen molar-refractivity contribution in [3.63, 3.8) is 0 Å². The minimum absolute atomic E-state index is 0.0706. The molecule has 6 nitrogen and oxygen atoms in total. The fourth-order valence-electron chi connectivity index (χ4n) is 3.75. The van der Waals surface area contributed by atoms with E-state index in [0.717, 1.165) is 37.1 Å². The number of nitrogens with one attached hydrogen (secondary N) is 3. The smallest absolute Gasteiger partial charge is 0.251 e. The zero-order valence-electron chi connectivity index (χ0n) is 18.1. The summed E-state index contributed by atoms with van der Waals surface area (Å²) in [6, 6.07) is 12.4. The van der Waals surface area contributed by atoms with E-state index in [9.17, 15) is 4.79 Å². The Hall–Kier alpha value is -2.38. The summed E-state index contributed by atoms with van der Waals surface area (Å²) in [6.45, 7) is 6.12. The number of nitrogens with zero attached hydrogens (tertiary/aromatic N) is 2. The Kier molecular flexibility index (Phi) is 8.28. The minimum atomic E-state index is -0.0706. The summed E-state index contributed by atoms with van der Waals surface area (Å²) < 4.78 is 0. The monoisotopic (exact) mass is 427 g/mol. The van der Waals surface area contributed by atoms with Crippen molar-refractivity contribution >= 4 is 23.2 Å². The van der Waals surface area contributed by atoms with Gasteiger partial charge in [-0.25, -0.2) is 0 Å². The highest BCUT2D eigenvalue weighted by molar-refractivity contribution is 7.10. The molecule has 1 unspecified atom stereocenters. The van der Waals surface area contributed by atoms with E-state index >= 15 is 0 Å². The van der Waals surface area contributed by atoms with Crippen molar-refractivity contribution in [1.29, 1.82) is 0 Å². The molecule has 1 atom stereocenters. The number of carbonyl (C=O) groups is 1. The molecule has 30 heavy (non-hydrogen) atoms. The van der Waals surface area contributed by atoms with Crippen LogP contribution in [0.2, 0.25) is 0 Å². The van der Waals surface area contributed by atoms with Gasteiger partial charge in [0, 0.05) is 37.6 Å². The molecule has 2 aromatic rings. The van der Waals surface area contributed by atoms with Gasteiger partial charge in [0.05, 0.1) is 6.04 Å². The van der Waals surface area contributed by atoms with Crippen LogP contribution in [0.1, 0.15) is 46.6 Å². The molecule has 0 aliphatic carbocycles. The van der Waals surface area contributed by atoms with Gasteiger partial charge in [0.15, 0.2) is 5.96 Å². The number of thiophene rings is 1. The van der Waals surface area contributed by atoms with E-state index in [0.29, 0.717) is 18.2 Å². The van der Waals surface area contributed by atoms with Gasteiger partial charge in [0.2, 0.25) is 0 Å². The Morgan fingerprint density at radius 3 is 2.53 bits per heavy atom. The molecule has 0 radical (unpaired) electrons. The van der Waals surface area contributed by atoms with Gasteiger partial charge < -0.3 is 16.0 Å². The van der Waals surface area contributed by atoms with Gasteiger partial charge in [0.25, 0.3) is 5.91 Å². The average molecular weight is 428 g/mol. The quantitative estimate of drug-likeness (QED) is 0.469. The van der Waals surface area contributed by atoms with Crippen LogP contribution in [0.25, 0.3) is 0 Å². The largest absolute Gasteiger partial charge is 0.355 e. The van der Waals surface area contributed by atoms with E-state index in [2.05, 4.69) is 50.3 Å². The van der Waals surface area contributed by atoms with Crippen LogP contribution in [0, 0.1) is 5.92 Å². The van der Waals surface area contributed by atoms with E-state index in [1.54, 1.807) is 14.1 Å². The van der Waals surface area contributed by atoms with Gasteiger partial charge in [0.1, 0.15) is 0 Å².